The highest BCUT2D eigenvalue weighted by atomic mass is 16.5. The molecule has 1 heterocycles. The van der Waals surface area contributed by atoms with E-state index in [1.165, 1.54) is 0 Å². The summed E-state index contributed by atoms with van der Waals surface area (Å²) in [5.41, 5.74) is 2.21. The van der Waals surface area contributed by atoms with Gasteiger partial charge in [0, 0.05) is 35.0 Å². The monoisotopic (exact) mass is 287 g/mol. The predicted octanol–water partition coefficient (Wildman–Crippen LogP) is 4.06. The largest absolute Gasteiger partial charge is 0.482 e. The van der Waals surface area contributed by atoms with Crippen molar-refractivity contribution in [3.05, 3.63) is 29.3 Å². The van der Waals surface area contributed by atoms with Crippen molar-refractivity contribution in [3.63, 3.8) is 0 Å². The normalized spacial score (nSPS) is 16.3. The molecule has 1 aromatic rings. The van der Waals surface area contributed by atoms with Crippen molar-refractivity contribution >= 4 is 18.0 Å². The predicted molar refractivity (Wildman–Crippen MR) is 87.9 cm³/mol. The van der Waals surface area contributed by atoms with Gasteiger partial charge in [0.05, 0.1) is 0 Å². The minimum atomic E-state index is -0.576. The molecule has 3 heteroatoms. The molecule has 0 spiro atoms. The summed E-state index contributed by atoms with van der Waals surface area (Å²) in [5, 5.41) is 0. The van der Waals surface area contributed by atoms with Crippen LogP contribution in [-0.2, 0) is 4.79 Å². The van der Waals surface area contributed by atoms with E-state index in [4.69, 9.17) is 4.74 Å². The maximum Gasteiger partial charge on any atom is 0.150 e. The van der Waals surface area contributed by atoms with E-state index in [-0.39, 0.29) is 0 Å². The van der Waals surface area contributed by atoms with Gasteiger partial charge in [-0.3, -0.25) is 4.79 Å². The third-order valence-corrected chi connectivity index (χ3v) is 3.91. The Morgan fingerprint density at radius 3 is 2.29 bits per heavy atom. The minimum absolute atomic E-state index is 0.417. The van der Waals surface area contributed by atoms with Gasteiger partial charge in [-0.05, 0) is 59.8 Å². The van der Waals surface area contributed by atoms with Crippen LogP contribution in [0.5, 0.6) is 5.75 Å². The number of fused-ring (bicyclic) bond motifs is 1. The first-order valence-electron chi connectivity index (χ1n) is 7.55. The average molecular weight is 287 g/mol. The molecule has 0 aromatic heterocycles. The van der Waals surface area contributed by atoms with Crippen LogP contribution in [0.4, 0.5) is 5.69 Å². The van der Waals surface area contributed by atoms with Crippen LogP contribution < -0.4 is 9.64 Å². The number of anilines is 1. The van der Waals surface area contributed by atoms with Crippen molar-refractivity contribution in [1.29, 1.82) is 0 Å². The van der Waals surface area contributed by atoms with Gasteiger partial charge in [-0.25, -0.2) is 0 Å². The lowest BCUT2D eigenvalue weighted by Gasteiger charge is -2.35. The molecule has 0 bridgehead atoms. The highest BCUT2D eigenvalue weighted by Gasteiger charge is 2.30. The molecule has 0 amide bonds. The highest BCUT2D eigenvalue weighted by molar-refractivity contribution is 5.87. The molecule has 21 heavy (non-hydrogen) atoms. The van der Waals surface area contributed by atoms with Gasteiger partial charge in [-0.2, -0.15) is 0 Å². The number of nitrogens with zero attached hydrogens (tertiary/aromatic N) is 1. The van der Waals surface area contributed by atoms with Gasteiger partial charge in [0.15, 0.2) is 0 Å². The SMILES string of the molecule is CC(C)N(c1ccc2c(c1)OC(C)(C)C(C=O)=C2)C(C)C. The quantitative estimate of drug-likeness (QED) is 0.782. The Kier molecular flexibility index (Phi) is 4.13. The van der Waals surface area contributed by atoms with Gasteiger partial charge in [0.1, 0.15) is 17.6 Å². The lowest BCUT2D eigenvalue weighted by atomic mass is 9.93. The number of carbonyl (C=O) groups is 1. The first-order valence-corrected chi connectivity index (χ1v) is 7.55. The van der Waals surface area contributed by atoms with E-state index in [0.717, 1.165) is 23.3 Å². The Labute approximate surface area is 127 Å². The van der Waals surface area contributed by atoms with Gasteiger partial charge in [0.2, 0.25) is 0 Å². The molecule has 0 saturated carbocycles. The van der Waals surface area contributed by atoms with Gasteiger partial charge in [0.25, 0.3) is 0 Å². The summed E-state index contributed by atoms with van der Waals surface area (Å²) in [4.78, 5) is 13.5. The first-order chi connectivity index (χ1) is 9.76. The van der Waals surface area contributed by atoms with Crippen molar-refractivity contribution in [2.45, 2.75) is 59.2 Å². The van der Waals surface area contributed by atoms with E-state index in [1.54, 1.807) is 0 Å². The smallest absolute Gasteiger partial charge is 0.150 e. The second kappa shape index (κ2) is 5.55. The van der Waals surface area contributed by atoms with E-state index >= 15 is 0 Å². The summed E-state index contributed by atoms with van der Waals surface area (Å²) >= 11 is 0. The van der Waals surface area contributed by atoms with Crippen LogP contribution in [0.2, 0.25) is 0 Å². The molecule has 0 N–H and O–H groups in total. The molecular weight excluding hydrogens is 262 g/mol. The molecule has 0 unspecified atom stereocenters. The second-order valence-electron chi connectivity index (χ2n) is 6.65. The molecule has 2 rings (SSSR count). The lowest BCUT2D eigenvalue weighted by molar-refractivity contribution is -0.106. The molecule has 1 aromatic carbocycles. The average Bonchev–Trinajstić information content (AvgIpc) is 2.35. The first kappa shape index (κ1) is 15.6. The third kappa shape index (κ3) is 2.97. The molecule has 0 fully saturated rings. The molecule has 114 valence electrons. The summed E-state index contributed by atoms with van der Waals surface area (Å²) in [6, 6.07) is 7.04. The van der Waals surface area contributed by atoms with Crippen molar-refractivity contribution in [1.82, 2.24) is 0 Å². The summed E-state index contributed by atoms with van der Waals surface area (Å²) in [7, 11) is 0. The van der Waals surface area contributed by atoms with Crippen molar-refractivity contribution in [2.24, 2.45) is 0 Å². The third-order valence-electron chi connectivity index (χ3n) is 3.91. The molecule has 3 nitrogen and oxygen atoms in total. The minimum Gasteiger partial charge on any atom is -0.482 e. The molecule has 0 saturated heterocycles. The topological polar surface area (TPSA) is 29.5 Å². The molecule has 0 atom stereocenters. The number of ether oxygens (including phenoxy) is 1. The van der Waals surface area contributed by atoms with Crippen LogP contribution in [-0.4, -0.2) is 24.0 Å². The number of aldehydes is 1. The number of hydrogen-bond donors (Lipinski definition) is 0. The molecular formula is C18H25NO2. The fourth-order valence-corrected chi connectivity index (χ4v) is 2.93. The standard InChI is InChI=1S/C18H25NO2/c1-12(2)19(13(3)4)16-8-7-14-9-15(11-20)18(5,6)21-17(14)10-16/h7-13H,1-6H3. The van der Waals surface area contributed by atoms with E-state index in [0.29, 0.717) is 17.7 Å². The van der Waals surface area contributed by atoms with Crippen LogP contribution in [0.25, 0.3) is 6.08 Å². The lowest BCUT2D eigenvalue weighted by Crippen LogP contribution is -2.37. The summed E-state index contributed by atoms with van der Waals surface area (Å²) in [6.07, 6.45) is 2.80. The number of carbonyl (C=O) groups excluding carboxylic acids is 1. The maximum atomic E-state index is 11.2. The van der Waals surface area contributed by atoms with E-state index in [2.05, 4.69) is 44.7 Å². The molecule has 1 aliphatic rings. The van der Waals surface area contributed by atoms with E-state index < -0.39 is 5.60 Å². The Morgan fingerprint density at radius 1 is 1.14 bits per heavy atom. The summed E-state index contributed by atoms with van der Waals surface area (Å²) in [5.74, 6) is 0.842. The highest BCUT2D eigenvalue weighted by Crippen LogP contribution is 2.37. The molecule has 0 aliphatic carbocycles. The zero-order chi connectivity index (χ0) is 15.8. The fraction of sp³-hybridized carbons (Fsp3) is 0.500. The number of hydrogen-bond acceptors (Lipinski definition) is 3. The molecule has 0 radical (unpaired) electrons. The Hall–Kier alpha value is -1.77. The van der Waals surface area contributed by atoms with Crippen LogP contribution in [0.1, 0.15) is 47.1 Å². The Morgan fingerprint density at radius 2 is 1.76 bits per heavy atom. The maximum absolute atomic E-state index is 11.2. The van der Waals surface area contributed by atoms with Gasteiger partial charge < -0.3 is 9.64 Å². The van der Waals surface area contributed by atoms with E-state index in [9.17, 15) is 4.79 Å². The Balaban J connectivity index is 2.46. The zero-order valence-electron chi connectivity index (χ0n) is 13.8. The van der Waals surface area contributed by atoms with Gasteiger partial charge >= 0.3 is 0 Å². The van der Waals surface area contributed by atoms with E-state index in [1.807, 2.05) is 26.0 Å². The van der Waals surface area contributed by atoms with Gasteiger partial charge in [-0.1, -0.05) is 0 Å². The number of rotatable bonds is 4. The summed E-state index contributed by atoms with van der Waals surface area (Å²) in [6.45, 7) is 12.6. The second-order valence-corrected chi connectivity index (χ2v) is 6.65. The van der Waals surface area contributed by atoms with Gasteiger partial charge in [-0.15, -0.1) is 0 Å². The number of benzene rings is 1. The van der Waals surface area contributed by atoms with Crippen molar-refractivity contribution in [3.8, 4) is 5.75 Å². The zero-order valence-corrected chi connectivity index (χ0v) is 13.8. The Bertz CT molecular complexity index is 563. The van der Waals surface area contributed by atoms with Crippen LogP contribution in [0.3, 0.4) is 0 Å². The van der Waals surface area contributed by atoms with Crippen LogP contribution in [0.15, 0.2) is 23.8 Å². The molecule has 1 aliphatic heterocycles. The fourth-order valence-electron chi connectivity index (χ4n) is 2.93. The van der Waals surface area contributed by atoms with Crippen molar-refractivity contribution in [2.75, 3.05) is 4.90 Å². The summed E-state index contributed by atoms with van der Waals surface area (Å²) < 4.78 is 6.05. The van der Waals surface area contributed by atoms with Crippen molar-refractivity contribution < 1.29 is 9.53 Å². The van der Waals surface area contributed by atoms with Crippen LogP contribution in [0, 0.1) is 0 Å². The van der Waals surface area contributed by atoms with Crippen LogP contribution >= 0.6 is 0 Å².